The van der Waals surface area contributed by atoms with E-state index in [-0.39, 0.29) is 31.0 Å². The molecule has 0 radical (unpaired) electrons. The fourth-order valence-electron chi connectivity index (χ4n) is 0.698. The molecule has 0 aliphatic carbocycles. The van der Waals surface area contributed by atoms with Gasteiger partial charge in [-0.25, -0.2) is 0 Å². The number of carbonyl (C=O) groups is 1. The number of hydrogen-bond donors (Lipinski definition) is 1. The summed E-state index contributed by atoms with van der Waals surface area (Å²) in [5, 5.41) is 3.06. The van der Waals surface area contributed by atoms with Gasteiger partial charge in [-0.2, -0.15) is 0 Å². The Morgan fingerprint density at radius 1 is 1.58 bits per heavy atom. The summed E-state index contributed by atoms with van der Waals surface area (Å²) in [4.78, 5) is 12.5. The number of rotatable bonds is 3. The number of halogens is 1. The quantitative estimate of drug-likeness (QED) is 0.658. The van der Waals surface area contributed by atoms with E-state index in [4.69, 9.17) is 4.74 Å². The molecule has 0 aromatic heterocycles. The summed E-state index contributed by atoms with van der Waals surface area (Å²) in [5.41, 5.74) is 0. The maximum atomic E-state index is 11.0. The molecule has 1 rings (SSSR count). The molecule has 1 aliphatic heterocycles. The summed E-state index contributed by atoms with van der Waals surface area (Å²) >= 11 is 0. The third-order valence-electron chi connectivity index (χ3n) is 1.69. The van der Waals surface area contributed by atoms with Crippen LogP contribution in [0.5, 0.6) is 0 Å². The minimum Gasteiger partial charge on any atom is -0.366 e. The van der Waals surface area contributed by atoms with Crippen LogP contribution in [0, 0.1) is 0 Å². The zero-order valence-corrected chi connectivity index (χ0v) is 8.19. The van der Waals surface area contributed by atoms with Crippen molar-refractivity contribution < 1.29 is 9.53 Å². The topological polar surface area (TPSA) is 41.6 Å². The van der Waals surface area contributed by atoms with E-state index in [2.05, 4.69) is 5.32 Å². The van der Waals surface area contributed by atoms with Gasteiger partial charge in [-0.1, -0.05) is 0 Å². The van der Waals surface area contributed by atoms with Gasteiger partial charge in [0.1, 0.15) is 6.61 Å². The van der Waals surface area contributed by atoms with Crippen LogP contribution in [0.4, 0.5) is 0 Å². The second-order valence-corrected chi connectivity index (χ2v) is 2.88. The first-order valence-corrected chi connectivity index (χ1v) is 3.72. The molecule has 1 saturated heterocycles. The summed E-state index contributed by atoms with van der Waals surface area (Å²) in [7, 11) is 3.45. The number of likely N-dealkylation sites (N-methyl/N-ethyl adjacent to an activating group) is 1. The van der Waals surface area contributed by atoms with Gasteiger partial charge in [-0.15, -0.1) is 12.4 Å². The number of carbonyl (C=O) groups excluding carboxylic acids is 1. The molecule has 1 heterocycles. The average Bonchev–Trinajstić information content (AvgIpc) is 1.83. The van der Waals surface area contributed by atoms with Gasteiger partial charge >= 0.3 is 0 Å². The Balaban J connectivity index is 0.00000121. The van der Waals surface area contributed by atoms with Crippen molar-refractivity contribution >= 4 is 18.3 Å². The first-order chi connectivity index (χ1) is 5.20. The van der Waals surface area contributed by atoms with Crippen LogP contribution >= 0.6 is 12.4 Å². The molecule has 4 nitrogen and oxygen atoms in total. The van der Waals surface area contributed by atoms with Gasteiger partial charge in [-0.05, 0) is 0 Å². The summed E-state index contributed by atoms with van der Waals surface area (Å²) < 4.78 is 5.25. The molecule has 12 heavy (non-hydrogen) atoms. The molecule has 0 aromatic rings. The highest BCUT2D eigenvalue weighted by Crippen LogP contribution is 1.97. The second kappa shape index (κ2) is 5.35. The highest BCUT2D eigenvalue weighted by Gasteiger charge is 2.18. The molecule has 72 valence electrons. The summed E-state index contributed by atoms with van der Waals surface area (Å²) in [6.07, 6.45) is 0.249. The molecule has 0 bridgehead atoms. The largest absolute Gasteiger partial charge is 0.366 e. The minimum absolute atomic E-state index is 0. The van der Waals surface area contributed by atoms with E-state index in [0.29, 0.717) is 0 Å². The smallest absolute Gasteiger partial charge is 0.248 e. The number of ether oxygens (including phenoxy) is 1. The Kier molecular flexibility index (Phi) is 5.20. The molecule has 0 saturated carbocycles. The van der Waals surface area contributed by atoms with Crippen molar-refractivity contribution in [3.8, 4) is 0 Å². The van der Waals surface area contributed by atoms with Crippen LogP contribution in [0.25, 0.3) is 0 Å². The third kappa shape index (κ3) is 3.38. The Hall–Kier alpha value is -0.320. The predicted molar refractivity (Wildman–Crippen MR) is 48.6 cm³/mol. The average molecular weight is 195 g/mol. The Bertz CT molecular complexity index is 148. The van der Waals surface area contributed by atoms with Gasteiger partial charge in [0.25, 0.3) is 0 Å². The first kappa shape index (κ1) is 11.7. The fraction of sp³-hybridized carbons (Fsp3) is 0.857. The van der Waals surface area contributed by atoms with Crippen LogP contribution in [0.15, 0.2) is 0 Å². The lowest BCUT2D eigenvalue weighted by molar-refractivity contribution is -0.136. The molecule has 1 fully saturated rings. The summed E-state index contributed by atoms with van der Waals surface area (Å²) in [5.74, 6) is 0.0249. The molecule has 0 aromatic carbocycles. The van der Waals surface area contributed by atoms with Crippen molar-refractivity contribution in [1.29, 1.82) is 0 Å². The van der Waals surface area contributed by atoms with Gasteiger partial charge in [0, 0.05) is 27.2 Å². The Morgan fingerprint density at radius 2 is 2.17 bits per heavy atom. The lowest BCUT2D eigenvalue weighted by Gasteiger charge is -2.27. The van der Waals surface area contributed by atoms with Crippen molar-refractivity contribution in [1.82, 2.24) is 10.2 Å². The molecular weight excluding hydrogens is 180 g/mol. The zero-order chi connectivity index (χ0) is 8.27. The van der Waals surface area contributed by atoms with Gasteiger partial charge < -0.3 is 15.0 Å². The number of nitrogens with one attached hydrogen (secondary N) is 1. The lowest BCUT2D eigenvalue weighted by Crippen LogP contribution is -2.49. The highest BCUT2D eigenvalue weighted by molar-refractivity contribution is 5.85. The van der Waals surface area contributed by atoms with Crippen LogP contribution in [0.2, 0.25) is 0 Å². The Labute approximate surface area is 78.7 Å². The number of amides is 1. The van der Waals surface area contributed by atoms with Crippen LogP contribution in [-0.4, -0.2) is 50.7 Å². The zero-order valence-electron chi connectivity index (χ0n) is 7.37. The van der Waals surface area contributed by atoms with Crippen LogP contribution < -0.4 is 5.32 Å². The molecule has 5 heteroatoms. The SMILES string of the molecule is CN(C)C(=O)COC1CNC1.Cl. The van der Waals surface area contributed by atoms with Gasteiger partial charge in [0.15, 0.2) is 0 Å². The van der Waals surface area contributed by atoms with E-state index in [0.717, 1.165) is 13.1 Å². The van der Waals surface area contributed by atoms with Gasteiger partial charge in [0.2, 0.25) is 5.91 Å². The molecule has 0 spiro atoms. The van der Waals surface area contributed by atoms with E-state index >= 15 is 0 Å². The normalized spacial score (nSPS) is 16.2. The van der Waals surface area contributed by atoms with Crippen LogP contribution in [0.3, 0.4) is 0 Å². The van der Waals surface area contributed by atoms with Crippen molar-refractivity contribution in [2.45, 2.75) is 6.10 Å². The van der Waals surface area contributed by atoms with Crippen LogP contribution in [0.1, 0.15) is 0 Å². The molecule has 0 atom stereocenters. The van der Waals surface area contributed by atoms with Crippen molar-refractivity contribution in [3.05, 3.63) is 0 Å². The molecule has 1 aliphatic rings. The van der Waals surface area contributed by atoms with E-state index in [9.17, 15) is 4.79 Å². The van der Waals surface area contributed by atoms with E-state index in [1.165, 1.54) is 4.90 Å². The minimum atomic E-state index is 0. The second-order valence-electron chi connectivity index (χ2n) is 2.88. The first-order valence-electron chi connectivity index (χ1n) is 3.72. The maximum Gasteiger partial charge on any atom is 0.248 e. The van der Waals surface area contributed by atoms with Crippen LogP contribution in [-0.2, 0) is 9.53 Å². The maximum absolute atomic E-state index is 11.0. The number of nitrogens with zero attached hydrogens (tertiary/aromatic N) is 1. The molecule has 1 N–H and O–H groups in total. The van der Waals surface area contributed by atoms with E-state index in [1.54, 1.807) is 14.1 Å². The molecule has 0 unspecified atom stereocenters. The lowest BCUT2D eigenvalue weighted by atomic mass is 10.2. The summed E-state index contributed by atoms with van der Waals surface area (Å²) in [6.45, 7) is 1.96. The van der Waals surface area contributed by atoms with E-state index < -0.39 is 0 Å². The third-order valence-corrected chi connectivity index (χ3v) is 1.69. The molecular formula is C7H15ClN2O2. The highest BCUT2D eigenvalue weighted by atomic mass is 35.5. The number of hydrogen-bond acceptors (Lipinski definition) is 3. The van der Waals surface area contributed by atoms with E-state index in [1.807, 2.05) is 0 Å². The van der Waals surface area contributed by atoms with Gasteiger partial charge in [-0.3, -0.25) is 4.79 Å². The van der Waals surface area contributed by atoms with Gasteiger partial charge in [0.05, 0.1) is 6.10 Å². The standard InChI is InChI=1S/C7H14N2O2.ClH/c1-9(2)7(10)5-11-6-3-8-4-6;/h6,8H,3-5H2,1-2H3;1H. The predicted octanol–water partition coefficient (Wildman–Crippen LogP) is -0.515. The molecule has 1 amide bonds. The Morgan fingerprint density at radius 3 is 2.50 bits per heavy atom. The summed E-state index contributed by atoms with van der Waals surface area (Å²) in [6, 6.07) is 0. The van der Waals surface area contributed by atoms with Crippen molar-refractivity contribution in [3.63, 3.8) is 0 Å². The van der Waals surface area contributed by atoms with Crippen molar-refractivity contribution in [2.75, 3.05) is 33.8 Å². The fourth-order valence-corrected chi connectivity index (χ4v) is 0.698. The monoisotopic (exact) mass is 194 g/mol. The van der Waals surface area contributed by atoms with Crippen molar-refractivity contribution in [2.24, 2.45) is 0 Å².